The second-order valence-corrected chi connectivity index (χ2v) is 7.88. The standard InChI is InChI=1S/C11H17OSi/c1-4-11(13(2,3)12)10-8-6-5-7-9-10/h5-9,11H,4H2,1-3H3. The van der Waals surface area contributed by atoms with Gasteiger partial charge in [0.25, 0.3) is 0 Å². The molecule has 1 atom stereocenters. The molecular weight excluding hydrogens is 176 g/mol. The van der Waals surface area contributed by atoms with Crippen LogP contribution in [0.4, 0.5) is 0 Å². The van der Waals surface area contributed by atoms with Crippen molar-refractivity contribution >= 4 is 8.32 Å². The first kappa shape index (κ1) is 10.5. The molecule has 71 valence electrons. The van der Waals surface area contributed by atoms with Crippen LogP contribution in [0.3, 0.4) is 0 Å². The van der Waals surface area contributed by atoms with Gasteiger partial charge in [-0.1, -0.05) is 37.3 Å². The molecule has 1 aromatic rings. The van der Waals surface area contributed by atoms with Crippen LogP contribution in [0.5, 0.6) is 0 Å². The van der Waals surface area contributed by atoms with Gasteiger partial charge in [0.2, 0.25) is 8.32 Å². The van der Waals surface area contributed by atoms with Crippen molar-refractivity contribution in [2.75, 3.05) is 0 Å². The molecule has 0 heterocycles. The zero-order valence-electron chi connectivity index (χ0n) is 8.58. The van der Waals surface area contributed by atoms with Crippen molar-refractivity contribution in [2.45, 2.75) is 32.0 Å². The summed E-state index contributed by atoms with van der Waals surface area (Å²) in [5.41, 5.74) is 1.48. The first-order valence-electron chi connectivity index (χ1n) is 4.81. The predicted octanol–water partition coefficient (Wildman–Crippen LogP) is 3.36. The van der Waals surface area contributed by atoms with Crippen LogP contribution in [0.25, 0.3) is 0 Å². The first-order chi connectivity index (χ1) is 6.05. The van der Waals surface area contributed by atoms with E-state index in [9.17, 15) is 4.80 Å². The Morgan fingerprint density at radius 2 is 1.77 bits per heavy atom. The van der Waals surface area contributed by atoms with Crippen LogP contribution in [0.15, 0.2) is 30.3 Å². The van der Waals surface area contributed by atoms with E-state index >= 15 is 0 Å². The SMILES string of the molecule is CCC(c1ccccc1)[Si](C)(C)[O]. The molecule has 0 fully saturated rings. The van der Waals surface area contributed by atoms with Crippen molar-refractivity contribution in [3.8, 4) is 0 Å². The fourth-order valence-corrected chi connectivity index (χ4v) is 3.79. The van der Waals surface area contributed by atoms with Gasteiger partial charge in [0.1, 0.15) is 0 Å². The molecular formula is C11H17OSi. The average Bonchev–Trinajstić information content (AvgIpc) is 2.05. The van der Waals surface area contributed by atoms with Crippen molar-refractivity contribution < 1.29 is 4.80 Å². The third kappa shape index (κ3) is 2.67. The van der Waals surface area contributed by atoms with Gasteiger partial charge < -0.3 is 0 Å². The molecule has 0 aliphatic rings. The number of benzene rings is 1. The largest absolute Gasteiger partial charge is 0.297 e. The minimum atomic E-state index is -2.28. The summed E-state index contributed by atoms with van der Waals surface area (Å²) in [5.74, 6) is 0. The minimum absolute atomic E-state index is 0.258. The highest BCUT2D eigenvalue weighted by Gasteiger charge is 2.31. The fourth-order valence-electron chi connectivity index (χ4n) is 1.81. The van der Waals surface area contributed by atoms with Crippen LogP contribution < -0.4 is 0 Å². The molecule has 13 heavy (non-hydrogen) atoms. The smallest absolute Gasteiger partial charge is 0.238 e. The molecule has 0 aliphatic heterocycles. The Morgan fingerprint density at radius 1 is 1.23 bits per heavy atom. The second-order valence-electron chi connectivity index (χ2n) is 3.97. The molecule has 1 radical (unpaired) electrons. The molecule has 2 heteroatoms. The van der Waals surface area contributed by atoms with Gasteiger partial charge in [0.05, 0.1) is 0 Å². The highest BCUT2D eigenvalue weighted by Crippen LogP contribution is 2.28. The van der Waals surface area contributed by atoms with Crippen LogP contribution >= 0.6 is 0 Å². The van der Waals surface area contributed by atoms with E-state index in [1.165, 1.54) is 5.56 Å². The topological polar surface area (TPSA) is 19.9 Å². The molecule has 0 aliphatic carbocycles. The molecule has 0 saturated heterocycles. The molecule has 0 aromatic heterocycles. The number of hydrogen-bond donors (Lipinski definition) is 0. The van der Waals surface area contributed by atoms with E-state index in [1.54, 1.807) is 0 Å². The third-order valence-corrected chi connectivity index (χ3v) is 4.87. The van der Waals surface area contributed by atoms with Crippen LogP contribution in [0.2, 0.25) is 13.1 Å². The van der Waals surface area contributed by atoms with Crippen molar-refractivity contribution in [1.29, 1.82) is 0 Å². The van der Waals surface area contributed by atoms with Crippen LogP contribution in [-0.2, 0) is 4.80 Å². The Hall–Kier alpha value is -0.603. The van der Waals surface area contributed by atoms with Gasteiger partial charge in [0.15, 0.2) is 0 Å². The van der Waals surface area contributed by atoms with Crippen LogP contribution in [0.1, 0.15) is 24.4 Å². The predicted molar refractivity (Wildman–Crippen MR) is 57.6 cm³/mol. The lowest BCUT2D eigenvalue weighted by Crippen LogP contribution is -2.32. The van der Waals surface area contributed by atoms with Crippen molar-refractivity contribution in [3.63, 3.8) is 0 Å². The molecule has 0 saturated carbocycles. The quantitative estimate of drug-likeness (QED) is 0.656. The lowest BCUT2D eigenvalue weighted by atomic mass is 10.1. The van der Waals surface area contributed by atoms with Crippen molar-refractivity contribution in [1.82, 2.24) is 0 Å². The highest BCUT2D eigenvalue weighted by molar-refractivity contribution is 6.71. The number of rotatable bonds is 3. The zero-order valence-corrected chi connectivity index (χ0v) is 9.58. The monoisotopic (exact) mass is 193 g/mol. The maximum absolute atomic E-state index is 12.0. The number of hydrogen-bond acceptors (Lipinski definition) is 0. The summed E-state index contributed by atoms with van der Waals surface area (Å²) >= 11 is 0. The van der Waals surface area contributed by atoms with Gasteiger partial charge in [-0.25, -0.2) is 0 Å². The first-order valence-corrected chi connectivity index (χ1v) is 7.79. The second kappa shape index (κ2) is 4.07. The van der Waals surface area contributed by atoms with Gasteiger partial charge in [-0.2, -0.15) is 0 Å². The van der Waals surface area contributed by atoms with E-state index < -0.39 is 8.32 Å². The maximum atomic E-state index is 12.0. The van der Waals surface area contributed by atoms with Gasteiger partial charge in [-0.05, 0) is 25.1 Å². The Kier molecular flexibility index (Phi) is 3.28. The van der Waals surface area contributed by atoms with E-state index in [1.807, 2.05) is 31.3 Å². The summed E-state index contributed by atoms with van der Waals surface area (Å²) in [7, 11) is -2.28. The molecule has 0 spiro atoms. The molecule has 1 rings (SSSR count). The van der Waals surface area contributed by atoms with E-state index in [0.717, 1.165) is 6.42 Å². The van der Waals surface area contributed by atoms with E-state index in [2.05, 4.69) is 19.1 Å². The fraction of sp³-hybridized carbons (Fsp3) is 0.455. The summed E-state index contributed by atoms with van der Waals surface area (Å²) in [5, 5.41) is 0. The Morgan fingerprint density at radius 3 is 2.15 bits per heavy atom. The van der Waals surface area contributed by atoms with Crippen molar-refractivity contribution in [2.24, 2.45) is 0 Å². The summed E-state index contributed by atoms with van der Waals surface area (Å²) in [6.45, 7) is 5.90. The van der Waals surface area contributed by atoms with Gasteiger partial charge in [0, 0.05) is 5.54 Å². The maximum Gasteiger partial charge on any atom is 0.238 e. The van der Waals surface area contributed by atoms with Gasteiger partial charge in [-0.15, -0.1) is 0 Å². The molecule has 1 nitrogen and oxygen atoms in total. The highest BCUT2D eigenvalue weighted by atomic mass is 28.4. The van der Waals surface area contributed by atoms with Crippen LogP contribution in [0, 0.1) is 0 Å². The van der Waals surface area contributed by atoms with Crippen molar-refractivity contribution in [3.05, 3.63) is 35.9 Å². The van der Waals surface area contributed by atoms with E-state index in [-0.39, 0.29) is 5.54 Å². The molecule has 1 aromatic carbocycles. The summed E-state index contributed by atoms with van der Waals surface area (Å²) in [6.07, 6.45) is 0.965. The van der Waals surface area contributed by atoms with E-state index in [4.69, 9.17) is 0 Å². The zero-order chi connectivity index (χ0) is 9.90. The molecule has 1 unspecified atom stereocenters. The van der Waals surface area contributed by atoms with Crippen LogP contribution in [-0.4, -0.2) is 8.32 Å². The lowest BCUT2D eigenvalue weighted by Gasteiger charge is -2.23. The summed E-state index contributed by atoms with van der Waals surface area (Å²) in [6, 6.07) is 10.2. The Labute approximate surface area is 81.6 Å². The average molecular weight is 193 g/mol. The van der Waals surface area contributed by atoms with Gasteiger partial charge in [-0.3, -0.25) is 4.80 Å². The molecule has 0 N–H and O–H groups in total. The lowest BCUT2D eigenvalue weighted by molar-refractivity contribution is 0.410. The molecule has 0 amide bonds. The third-order valence-electron chi connectivity index (χ3n) is 2.45. The minimum Gasteiger partial charge on any atom is -0.297 e. The summed E-state index contributed by atoms with van der Waals surface area (Å²) < 4.78 is 0. The summed E-state index contributed by atoms with van der Waals surface area (Å²) in [4.78, 5) is 12.0. The van der Waals surface area contributed by atoms with Gasteiger partial charge >= 0.3 is 0 Å². The Balaban J connectivity index is 2.92. The van der Waals surface area contributed by atoms with E-state index in [0.29, 0.717) is 0 Å². The normalized spacial score (nSPS) is 14.2. The Bertz CT molecular complexity index is 251. The molecule has 0 bridgehead atoms.